The van der Waals surface area contributed by atoms with Crippen LogP contribution in [0.5, 0.6) is 0 Å². The number of amides is 1. The molecule has 112 valence electrons. The van der Waals surface area contributed by atoms with Gasteiger partial charge in [-0.25, -0.2) is 0 Å². The van der Waals surface area contributed by atoms with Gasteiger partial charge in [0.15, 0.2) is 5.76 Å². The van der Waals surface area contributed by atoms with E-state index in [0.717, 1.165) is 5.39 Å². The minimum absolute atomic E-state index is 0.0736. The second kappa shape index (κ2) is 6.54. The molecule has 5 heteroatoms. The normalized spacial score (nSPS) is 11.4. The molecule has 0 spiro atoms. The summed E-state index contributed by atoms with van der Waals surface area (Å²) in [5.74, 6) is 0.0726. The SMILES string of the molecule is CC(C)CN(CC(N)=O)CC(=O)c1cc2ccccc2o1. The highest BCUT2D eigenvalue weighted by atomic mass is 16.3. The predicted molar refractivity (Wildman–Crippen MR) is 81.0 cm³/mol. The Kier molecular flexibility index (Phi) is 4.75. The average molecular weight is 288 g/mol. The summed E-state index contributed by atoms with van der Waals surface area (Å²) < 4.78 is 5.55. The van der Waals surface area contributed by atoms with E-state index >= 15 is 0 Å². The van der Waals surface area contributed by atoms with Crippen molar-refractivity contribution in [2.75, 3.05) is 19.6 Å². The molecule has 0 unspecified atom stereocenters. The van der Waals surface area contributed by atoms with E-state index in [1.165, 1.54) is 0 Å². The third kappa shape index (κ3) is 4.16. The average Bonchev–Trinajstić information content (AvgIpc) is 2.80. The Hall–Kier alpha value is -2.14. The van der Waals surface area contributed by atoms with Crippen molar-refractivity contribution < 1.29 is 14.0 Å². The fourth-order valence-corrected chi connectivity index (χ4v) is 2.32. The molecule has 1 aromatic heterocycles. The van der Waals surface area contributed by atoms with Crippen molar-refractivity contribution in [3.63, 3.8) is 0 Å². The number of Topliss-reactive ketones (excluding diaryl/α,β-unsaturated/α-hetero) is 1. The third-order valence-electron chi connectivity index (χ3n) is 3.07. The number of fused-ring (bicyclic) bond motifs is 1. The smallest absolute Gasteiger partial charge is 0.231 e. The number of furan rings is 1. The first kappa shape index (κ1) is 15.3. The first-order valence-electron chi connectivity index (χ1n) is 6.98. The maximum Gasteiger partial charge on any atom is 0.231 e. The maximum absolute atomic E-state index is 12.3. The second-order valence-electron chi connectivity index (χ2n) is 5.60. The number of hydrogen-bond donors (Lipinski definition) is 1. The number of hydrogen-bond acceptors (Lipinski definition) is 4. The number of para-hydroxylation sites is 1. The van der Waals surface area contributed by atoms with Crippen molar-refractivity contribution in [3.8, 4) is 0 Å². The van der Waals surface area contributed by atoms with Gasteiger partial charge in [0.05, 0.1) is 13.1 Å². The van der Waals surface area contributed by atoms with Crippen molar-refractivity contribution in [2.45, 2.75) is 13.8 Å². The number of nitrogens with zero attached hydrogens (tertiary/aromatic N) is 1. The third-order valence-corrected chi connectivity index (χ3v) is 3.07. The molecule has 0 bridgehead atoms. The minimum Gasteiger partial charge on any atom is -0.453 e. The Labute approximate surface area is 123 Å². The zero-order valence-electron chi connectivity index (χ0n) is 12.3. The Morgan fingerprint density at radius 3 is 2.57 bits per heavy atom. The molecule has 5 nitrogen and oxygen atoms in total. The first-order chi connectivity index (χ1) is 9.95. The summed E-state index contributed by atoms with van der Waals surface area (Å²) in [7, 11) is 0. The van der Waals surface area contributed by atoms with Gasteiger partial charge in [0, 0.05) is 11.9 Å². The quantitative estimate of drug-likeness (QED) is 0.791. The number of primary amides is 1. The van der Waals surface area contributed by atoms with E-state index in [2.05, 4.69) is 0 Å². The van der Waals surface area contributed by atoms with E-state index in [1.807, 2.05) is 38.1 Å². The number of nitrogens with two attached hydrogens (primary N) is 1. The monoisotopic (exact) mass is 288 g/mol. The number of rotatable bonds is 7. The van der Waals surface area contributed by atoms with Crippen LogP contribution in [0.3, 0.4) is 0 Å². The summed E-state index contributed by atoms with van der Waals surface area (Å²) in [6.07, 6.45) is 0. The van der Waals surface area contributed by atoms with Crippen LogP contribution in [-0.2, 0) is 4.79 Å². The van der Waals surface area contributed by atoms with Crippen LogP contribution in [-0.4, -0.2) is 36.2 Å². The van der Waals surface area contributed by atoms with E-state index in [9.17, 15) is 9.59 Å². The summed E-state index contributed by atoms with van der Waals surface area (Å²) in [6.45, 7) is 4.89. The van der Waals surface area contributed by atoms with Crippen LogP contribution in [0, 0.1) is 5.92 Å². The number of ketones is 1. The van der Waals surface area contributed by atoms with Gasteiger partial charge in [0.25, 0.3) is 0 Å². The van der Waals surface area contributed by atoms with E-state index in [0.29, 0.717) is 23.8 Å². The van der Waals surface area contributed by atoms with Crippen molar-refractivity contribution >= 4 is 22.7 Å². The summed E-state index contributed by atoms with van der Waals surface area (Å²) in [5, 5.41) is 0.895. The molecule has 1 aromatic carbocycles. The van der Waals surface area contributed by atoms with E-state index < -0.39 is 5.91 Å². The minimum atomic E-state index is -0.437. The molecule has 1 amide bonds. The van der Waals surface area contributed by atoms with Gasteiger partial charge < -0.3 is 10.2 Å². The molecule has 0 atom stereocenters. The van der Waals surface area contributed by atoms with E-state index in [-0.39, 0.29) is 18.9 Å². The fourth-order valence-electron chi connectivity index (χ4n) is 2.32. The van der Waals surface area contributed by atoms with Crippen LogP contribution < -0.4 is 5.73 Å². The van der Waals surface area contributed by atoms with Crippen LogP contribution >= 0.6 is 0 Å². The largest absolute Gasteiger partial charge is 0.453 e. The van der Waals surface area contributed by atoms with Gasteiger partial charge in [-0.2, -0.15) is 0 Å². The van der Waals surface area contributed by atoms with Crippen molar-refractivity contribution in [1.82, 2.24) is 4.90 Å². The topological polar surface area (TPSA) is 76.5 Å². The molecule has 0 saturated heterocycles. The number of carbonyl (C=O) groups excluding carboxylic acids is 2. The molecule has 2 aromatic rings. The van der Waals surface area contributed by atoms with Crippen LogP contribution in [0.2, 0.25) is 0 Å². The molecule has 0 aliphatic rings. The maximum atomic E-state index is 12.3. The zero-order chi connectivity index (χ0) is 15.4. The van der Waals surface area contributed by atoms with Crippen molar-refractivity contribution in [2.24, 2.45) is 11.7 Å². The molecule has 0 saturated carbocycles. The molecular weight excluding hydrogens is 268 g/mol. The molecule has 0 aliphatic carbocycles. The molecular formula is C16H20N2O3. The highest BCUT2D eigenvalue weighted by Crippen LogP contribution is 2.19. The highest BCUT2D eigenvalue weighted by molar-refractivity contribution is 5.99. The second-order valence-corrected chi connectivity index (χ2v) is 5.60. The lowest BCUT2D eigenvalue weighted by atomic mass is 10.2. The zero-order valence-corrected chi connectivity index (χ0v) is 12.3. The Morgan fingerprint density at radius 2 is 1.95 bits per heavy atom. The van der Waals surface area contributed by atoms with Gasteiger partial charge in [0.1, 0.15) is 5.58 Å². The summed E-state index contributed by atoms with van der Waals surface area (Å²) >= 11 is 0. The van der Waals surface area contributed by atoms with Crippen LogP contribution in [0.15, 0.2) is 34.7 Å². The van der Waals surface area contributed by atoms with E-state index in [4.69, 9.17) is 10.2 Å². The fraction of sp³-hybridized carbons (Fsp3) is 0.375. The Balaban J connectivity index is 2.11. The highest BCUT2D eigenvalue weighted by Gasteiger charge is 2.18. The summed E-state index contributed by atoms with van der Waals surface area (Å²) in [6, 6.07) is 9.20. The molecule has 2 N–H and O–H groups in total. The van der Waals surface area contributed by atoms with Crippen LogP contribution in [0.25, 0.3) is 11.0 Å². The molecule has 0 aliphatic heterocycles. The number of carbonyl (C=O) groups is 2. The Morgan fingerprint density at radius 1 is 1.24 bits per heavy atom. The molecule has 21 heavy (non-hydrogen) atoms. The molecule has 0 fully saturated rings. The van der Waals surface area contributed by atoms with Crippen molar-refractivity contribution in [1.29, 1.82) is 0 Å². The lowest BCUT2D eigenvalue weighted by Gasteiger charge is -2.21. The predicted octanol–water partition coefficient (Wildman–Crippen LogP) is 2.06. The summed E-state index contributed by atoms with van der Waals surface area (Å²) in [4.78, 5) is 25.1. The number of benzene rings is 1. The van der Waals surface area contributed by atoms with Gasteiger partial charge in [0.2, 0.25) is 11.7 Å². The van der Waals surface area contributed by atoms with Gasteiger partial charge in [-0.05, 0) is 18.1 Å². The van der Waals surface area contributed by atoms with Crippen LogP contribution in [0.4, 0.5) is 0 Å². The molecule has 1 heterocycles. The van der Waals surface area contributed by atoms with Gasteiger partial charge in [-0.3, -0.25) is 14.5 Å². The van der Waals surface area contributed by atoms with Gasteiger partial charge in [-0.15, -0.1) is 0 Å². The lowest BCUT2D eigenvalue weighted by Crippen LogP contribution is -2.39. The van der Waals surface area contributed by atoms with Gasteiger partial charge in [-0.1, -0.05) is 32.0 Å². The van der Waals surface area contributed by atoms with Crippen molar-refractivity contribution in [3.05, 3.63) is 36.1 Å². The van der Waals surface area contributed by atoms with E-state index in [1.54, 1.807) is 11.0 Å². The standard InChI is InChI=1S/C16H20N2O3/c1-11(2)8-18(10-16(17)20)9-13(19)15-7-12-5-3-4-6-14(12)21-15/h3-7,11H,8-10H2,1-2H3,(H2,17,20). The molecule has 0 radical (unpaired) electrons. The summed E-state index contributed by atoms with van der Waals surface area (Å²) in [5.41, 5.74) is 5.92. The van der Waals surface area contributed by atoms with Gasteiger partial charge >= 0.3 is 0 Å². The van der Waals surface area contributed by atoms with Crippen LogP contribution in [0.1, 0.15) is 24.4 Å². The molecule has 2 rings (SSSR count). The Bertz CT molecular complexity index is 613. The lowest BCUT2D eigenvalue weighted by molar-refractivity contribution is -0.119. The first-order valence-corrected chi connectivity index (χ1v) is 6.98.